The van der Waals surface area contributed by atoms with Crippen LogP contribution in [0.1, 0.15) is 56.5 Å². The number of hydrogen-bond donors (Lipinski definition) is 2. The molecule has 0 aliphatic rings. The Labute approximate surface area is 180 Å². The predicted molar refractivity (Wildman–Crippen MR) is 122 cm³/mol. The van der Waals surface area contributed by atoms with Crippen LogP contribution in [0.3, 0.4) is 0 Å². The van der Waals surface area contributed by atoms with Crippen LogP contribution in [0.25, 0.3) is 11.1 Å². The smallest absolute Gasteiger partial charge is 0.328 e. The summed E-state index contributed by atoms with van der Waals surface area (Å²) in [5, 5.41) is 11.7. The Kier molecular flexibility index (Phi) is 8.60. The third-order valence-corrected chi connectivity index (χ3v) is 5.39. The van der Waals surface area contributed by atoms with Crippen LogP contribution in [0.4, 0.5) is 0 Å². The number of carbonyl (C=O) groups is 2. The molecule has 2 rings (SSSR count). The van der Waals surface area contributed by atoms with E-state index >= 15 is 0 Å². The van der Waals surface area contributed by atoms with E-state index < -0.39 is 17.4 Å². The Morgan fingerprint density at radius 2 is 1.50 bits per heavy atom. The fraction of sp³-hybridized carbons (Fsp3) is 0.440. The number of carboxylic acid groups (broad SMARTS) is 1. The molecule has 5 nitrogen and oxygen atoms in total. The third kappa shape index (κ3) is 6.70. The van der Waals surface area contributed by atoms with E-state index in [0.29, 0.717) is 5.56 Å². The highest BCUT2D eigenvalue weighted by Crippen LogP contribution is 2.21. The summed E-state index contributed by atoms with van der Waals surface area (Å²) >= 11 is 0. The number of rotatable bonds is 11. The monoisotopic (exact) mass is 410 g/mol. The van der Waals surface area contributed by atoms with Crippen molar-refractivity contribution in [3.8, 4) is 11.1 Å². The largest absolute Gasteiger partial charge is 0.480 e. The molecular formula is C25H34N2O3. The molecule has 0 aliphatic carbocycles. The predicted octanol–water partition coefficient (Wildman–Crippen LogP) is 4.61. The van der Waals surface area contributed by atoms with Gasteiger partial charge in [0.25, 0.3) is 5.91 Å². The minimum atomic E-state index is -1.31. The lowest BCUT2D eigenvalue weighted by atomic mass is 10.0. The van der Waals surface area contributed by atoms with Gasteiger partial charge in [0.1, 0.15) is 5.54 Å². The molecule has 30 heavy (non-hydrogen) atoms. The van der Waals surface area contributed by atoms with Crippen molar-refractivity contribution in [2.24, 2.45) is 0 Å². The van der Waals surface area contributed by atoms with Crippen LogP contribution >= 0.6 is 0 Å². The van der Waals surface area contributed by atoms with E-state index in [0.717, 1.165) is 37.2 Å². The van der Waals surface area contributed by atoms with Crippen molar-refractivity contribution in [1.29, 1.82) is 0 Å². The first kappa shape index (κ1) is 23.6. The summed E-state index contributed by atoms with van der Waals surface area (Å²) < 4.78 is 0. The van der Waals surface area contributed by atoms with E-state index in [2.05, 4.69) is 48.3 Å². The van der Waals surface area contributed by atoms with Crippen molar-refractivity contribution in [3.63, 3.8) is 0 Å². The van der Waals surface area contributed by atoms with Gasteiger partial charge in [-0.25, -0.2) is 4.79 Å². The molecule has 0 aliphatic heterocycles. The highest BCUT2D eigenvalue weighted by Gasteiger charge is 2.29. The lowest BCUT2D eigenvalue weighted by Crippen LogP contribution is -2.49. The highest BCUT2D eigenvalue weighted by molar-refractivity contribution is 5.98. The van der Waals surface area contributed by atoms with Crippen molar-refractivity contribution >= 4 is 11.9 Å². The zero-order chi connectivity index (χ0) is 22.1. The first-order chi connectivity index (χ1) is 14.3. The van der Waals surface area contributed by atoms with Gasteiger partial charge in [0.05, 0.1) is 0 Å². The number of hydrogen-bond acceptors (Lipinski definition) is 3. The molecule has 0 saturated heterocycles. The highest BCUT2D eigenvalue weighted by atomic mass is 16.4. The van der Waals surface area contributed by atoms with Gasteiger partial charge in [-0.3, -0.25) is 4.79 Å². The number of carboxylic acids is 1. The molecule has 2 aromatic rings. The van der Waals surface area contributed by atoms with Gasteiger partial charge in [0.2, 0.25) is 0 Å². The molecule has 2 N–H and O–H groups in total. The van der Waals surface area contributed by atoms with Gasteiger partial charge in [-0.2, -0.15) is 0 Å². The lowest BCUT2D eigenvalue weighted by molar-refractivity contribution is -0.143. The van der Waals surface area contributed by atoms with Gasteiger partial charge in [0, 0.05) is 12.1 Å². The first-order valence-electron chi connectivity index (χ1n) is 10.7. The van der Waals surface area contributed by atoms with E-state index in [-0.39, 0.29) is 0 Å². The molecule has 0 atom stereocenters. The standard InChI is InChI=1S/C25H34N2O3/c1-5-7-17-27(6-2)18-16-19-8-10-20(11-9-19)21-12-14-22(15-13-21)23(28)26-25(3,4)24(29)30/h8-15H,5-7,16-18H2,1-4H3,(H,26,28)(H,29,30). The average molecular weight is 411 g/mol. The molecule has 5 heteroatoms. The molecular weight excluding hydrogens is 376 g/mol. The molecule has 1 amide bonds. The summed E-state index contributed by atoms with van der Waals surface area (Å²) in [7, 11) is 0. The minimum absolute atomic E-state index is 0.396. The fourth-order valence-electron chi connectivity index (χ4n) is 3.18. The molecule has 0 radical (unpaired) electrons. The van der Waals surface area contributed by atoms with Crippen LogP contribution < -0.4 is 5.32 Å². The Hall–Kier alpha value is -2.66. The molecule has 2 aromatic carbocycles. The lowest BCUT2D eigenvalue weighted by Gasteiger charge is -2.21. The second-order valence-corrected chi connectivity index (χ2v) is 8.20. The van der Waals surface area contributed by atoms with Crippen molar-refractivity contribution in [2.45, 2.75) is 52.5 Å². The van der Waals surface area contributed by atoms with Gasteiger partial charge in [0.15, 0.2) is 0 Å². The van der Waals surface area contributed by atoms with Crippen LogP contribution in [-0.2, 0) is 11.2 Å². The summed E-state index contributed by atoms with van der Waals surface area (Å²) in [6.07, 6.45) is 3.51. The van der Waals surface area contributed by atoms with E-state index in [1.54, 1.807) is 12.1 Å². The van der Waals surface area contributed by atoms with E-state index in [1.165, 1.54) is 32.3 Å². The van der Waals surface area contributed by atoms with Crippen molar-refractivity contribution in [1.82, 2.24) is 10.2 Å². The second-order valence-electron chi connectivity index (χ2n) is 8.20. The Morgan fingerprint density at radius 1 is 0.933 bits per heavy atom. The summed E-state index contributed by atoms with van der Waals surface area (Å²) in [4.78, 5) is 26.0. The minimum Gasteiger partial charge on any atom is -0.480 e. The summed E-state index contributed by atoms with van der Waals surface area (Å²) in [5.74, 6) is -1.46. The van der Waals surface area contributed by atoms with Crippen LogP contribution in [0.5, 0.6) is 0 Å². The zero-order valence-electron chi connectivity index (χ0n) is 18.6. The molecule has 162 valence electrons. The fourth-order valence-corrected chi connectivity index (χ4v) is 3.18. The van der Waals surface area contributed by atoms with Gasteiger partial charge >= 0.3 is 5.97 Å². The Morgan fingerprint density at radius 3 is 2.00 bits per heavy atom. The SMILES string of the molecule is CCCCN(CC)CCc1ccc(-c2ccc(C(=O)NC(C)(C)C(=O)O)cc2)cc1. The summed E-state index contributed by atoms with van der Waals surface area (Å²) in [6, 6.07) is 15.8. The van der Waals surface area contributed by atoms with Crippen molar-refractivity contribution in [2.75, 3.05) is 19.6 Å². The molecule has 0 bridgehead atoms. The maximum atomic E-state index is 12.3. The third-order valence-electron chi connectivity index (χ3n) is 5.39. The number of amides is 1. The van der Waals surface area contributed by atoms with Crippen LogP contribution in [0, 0.1) is 0 Å². The number of benzene rings is 2. The van der Waals surface area contributed by atoms with E-state index in [1.807, 2.05) is 12.1 Å². The number of carbonyl (C=O) groups excluding carboxylic acids is 1. The Bertz CT molecular complexity index is 826. The molecule has 0 spiro atoms. The molecule has 0 heterocycles. The number of nitrogens with zero attached hydrogens (tertiary/aromatic N) is 1. The van der Waals surface area contributed by atoms with Gasteiger partial charge in [-0.1, -0.05) is 56.7 Å². The number of unbranched alkanes of at least 4 members (excludes halogenated alkanes) is 1. The first-order valence-corrected chi connectivity index (χ1v) is 10.7. The summed E-state index contributed by atoms with van der Waals surface area (Å²) in [6.45, 7) is 10.7. The maximum absolute atomic E-state index is 12.3. The quantitative estimate of drug-likeness (QED) is 0.567. The van der Waals surface area contributed by atoms with Crippen molar-refractivity contribution in [3.05, 3.63) is 59.7 Å². The topological polar surface area (TPSA) is 69.6 Å². The number of nitrogens with one attached hydrogen (secondary N) is 1. The zero-order valence-corrected chi connectivity index (χ0v) is 18.6. The van der Waals surface area contributed by atoms with Gasteiger partial charge < -0.3 is 15.3 Å². The Balaban J connectivity index is 1.98. The average Bonchev–Trinajstić information content (AvgIpc) is 2.74. The van der Waals surface area contributed by atoms with Gasteiger partial charge in [-0.05, 0) is 68.6 Å². The molecule has 0 fully saturated rings. The van der Waals surface area contributed by atoms with Gasteiger partial charge in [-0.15, -0.1) is 0 Å². The van der Waals surface area contributed by atoms with Crippen LogP contribution in [-0.4, -0.2) is 47.1 Å². The second kappa shape index (κ2) is 10.9. The normalized spacial score (nSPS) is 11.5. The van der Waals surface area contributed by atoms with Crippen LogP contribution in [0.15, 0.2) is 48.5 Å². The number of aliphatic carboxylic acids is 1. The molecule has 0 aromatic heterocycles. The maximum Gasteiger partial charge on any atom is 0.328 e. The summed E-state index contributed by atoms with van der Waals surface area (Å²) in [5.41, 5.74) is 2.57. The van der Waals surface area contributed by atoms with E-state index in [4.69, 9.17) is 5.11 Å². The van der Waals surface area contributed by atoms with Crippen molar-refractivity contribution < 1.29 is 14.7 Å². The molecule has 0 saturated carbocycles. The number of likely N-dealkylation sites (N-methyl/N-ethyl adjacent to an activating group) is 1. The van der Waals surface area contributed by atoms with E-state index in [9.17, 15) is 9.59 Å². The van der Waals surface area contributed by atoms with Crippen LogP contribution in [0.2, 0.25) is 0 Å². The molecule has 0 unspecified atom stereocenters.